The number of ether oxygens (including phenoxy) is 2. The average molecular weight is 647 g/mol. The number of alkyl carbamates (subject to hydrolysis) is 1. The van der Waals surface area contributed by atoms with Gasteiger partial charge in [-0.05, 0) is 113 Å². The lowest BCUT2D eigenvalue weighted by Crippen LogP contribution is -2.43. The Labute approximate surface area is 278 Å². The molecule has 254 valence electrons. The fourth-order valence-electron chi connectivity index (χ4n) is 6.98. The van der Waals surface area contributed by atoms with Crippen molar-refractivity contribution in [3.8, 4) is 17.0 Å². The number of hydrogen-bond acceptors (Lipinski definition) is 8. The van der Waals surface area contributed by atoms with Crippen LogP contribution in [-0.4, -0.2) is 52.4 Å². The van der Waals surface area contributed by atoms with Gasteiger partial charge in [0, 0.05) is 30.1 Å². The van der Waals surface area contributed by atoms with Crippen molar-refractivity contribution < 1.29 is 28.6 Å². The summed E-state index contributed by atoms with van der Waals surface area (Å²) in [6.07, 6.45) is 10.4. The quantitative estimate of drug-likeness (QED) is 0.207. The summed E-state index contributed by atoms with van der Waals surface area (Å²) in [4.78, 5) is 35.4. The molecule has 0 saturated heterocycles. The van der Waals surface area contributed by atoms with Crippen LogP contribution in [0.3, 0.4) is 0 Å². The summed E-state index contributed by atoms with van der Waals surface area (Å²) in [5.41, 5.74) is 3.93. The number of methoxy groups -OCH3 is 1. The molecular formula is C37H50N4O6. The summed E-state index contributed by atoms with van der Waals surface area (Å²) in [7, 11) is 1.70. The summed E-state index contributed by atoms with van der Waals surface area (Å²) in [5.74, 6) is 2.19. The molecule has 0 aliphatic heterocycles. The van der Waals surface area contributed by atoms with E-state index in [0.717, 1.165) is 53.9 Å². The van der Waals surface area contributed by atoms with Crippen LogP contribution in [0.25, 0.3) is 11.3 Å². The van der Waals surface area contributed by atoms with E-state index in [1.54, 1.807) is 33.4 Å². The van der Waals surface area contributed by atoms with Crippen LogP contribution in [0, 0.1) is 18.8 Å². The first-order valence-electron chi connectivity index (χ1n) is 17.0. The van der Waals surface area contributed by atoms with Crippen LogP contribution in [-0.2, 0) is 16.0 Å². The zero-order valence-corrected chi connectivity index (χ0v) is 28.4. The first kappa shape index (κ1) is 34.4. The van der Waals surface area contributed by atoms with Gasteiger partial charge in [0.25, 0.3) is 0 Å². The molecular weight excluding hydrogens is 596 g/mol. The van der Waals surface area contributed by atoms with Gasteiger partial charge in [-0.25, -0.2) is 9.78 Å². The third-order valence-corrected chi connectivity index (χ3v) is 9.66. The van der Waals surface area contributed by atoms with Crippen LogP contribution >= 0.6 is 0 Å². The molecule has 1 aromatic carbocycles. The highest BCUT2D eigenvalue weighted by molar-refractivity contribution is 5.79. The number of amides is 2. The molecule has 10 nitrogen and oxygen atoms in total. The van der Waals surface area contributed by atoms with Crippen molar-refractivity contribution in [3.63, 3.8) is 0 Å². The summed E-state index contributed by atoms with van der Waals surface area (Å²) >= 11 is 0. The molecule has 0 spiro atoms. The van der Waals surface area contributed by atoms with Crippen molar-refractivity contribution in [2.24, 2.45) is 11.8 Å². The van der Waals surface area contributed by atoms with Gasteiger partial charge in [-0.1, -0.05) is 19.1 Å². The molecule has 2 aliphatic rings. The Morgan fingerprint density at radius 2 is 1.81 bits per heavy atom. The Balaban J connectivity index is 1.27. The molecule has 2 amide bonds. The Morgan fingerprint density at radius 1 is 1.06 bits per heavy atom. The summed E-state index contributed by atoms with van der Waals surface area (Å²) < 4.78 is 16.2. The molecule has 1 atom stereocenters. The van der Waals surface area contributed by atoms with Gasteiger partial charge < -0.3 is 29.6 Å². The minimum absolute atomic E-state index is 0.0351. The predicted molar refractivity (Wildman–Crippen MR) is 179 cm³/mol. The molecule has 5 rings (SSSR count). The summed E-state index contributed by atoms with van der Waals surface area (Å²) in [5, 5.41) is 16.2. The Kier molecular flexibility index (Phi) is 11.2. The van der Waals surface area contributed by atoms with Gasteiger partial charge in [0.15, 0.2) is 5.89 Å². The third-order valence-electron chi connectivity index (χ3n) is 9.66. The van der Waals surface area contributed by atoms with Crippen molar-refractivity contribution >= 4 is 12.0 Å². The molecule has 2 heterocycles. The third kappa shape index (κ3) is 9.12. The highest BCUT2D eigenvalue weighted by atomic mass is 16.6. The number of oxazole rings is 1. The van der Waals surface area contributed by atoms with Gasteiger partial charge in [-0.2, -0.15) is 0 Å². The number of hydrogen-bond donors (Lipinski definition) is 3. The second kappa shape index (κ2) is 15.3. The van der Waals surface area contributed by atoms with Crippen LogP contribution in [0.2, 0.25) is 0 Å². The standard InChI is InChI=1S/C37H50N4O6/c1-6-33-40-31(21-46-33)28-17-18-38-30(20-28)34(25-9-7-24(8-10-25)27-13-16-32(45-5)23(2)19-27)41-35(42)26-11-14-29(15-12-26)39-36(43)47-22-37(3,4)44/h13,16-21,24-26,29,34,44H,6-12,14-15,22H2,1-5H3,(H,39,43)(H,41,42). The van der Waals surface area contributed by atoms with E-state index in [0.29, 0.717) is 43.9 Å². The maximum Gasteiger partial charge on any atom is 0.407 e. The SMILES string of the molecule is CCc1nc(-c2ccnc(C(NC(=O)C3CCC(NC(=O)OCC(C)(C)O)CC3)C3CCC(c4ccc(OC)c(C)c4)CC3)c2)co1. The summed E-state index contributed by atoms with van der Waals surface area (Å²) in [6, 6.07) is 10.2. The monoisotopic (exact) mass is 646 g/mol. The molecule has 0 radical (unpaired) electrons. The molecule has 2 aliphatic carbocycles. The number of nitrogens with one attached hydrogen (secondary N) is 2. The lowest BCUT2D eigenvalue weighted by Gasteiger charge is -2.36. The molecule has 3 N–H and O–H groups in total. The molecule has 2 aromatic heterocycles. The Hall–Kier alpha value is -3.92. The lowest BCUT2D eigenvalue weighted by atomic mass is 9.74. The fraction of sp³-hybridized carbons (Fsp3) is 0.568. The minimum atomic E-state index is -1.08. The zero-order chi connectivity index (χ0) is 33.6. The highest BCUT2D eigenvalue weighted by Gasteiger charge is 2.34. The molecule has 47 heavy (non-hydrogen) atoms. The number of pyridine rings is 1. The first-order chi connectivity index (χ1) is 22.5. The van der Waals surface area contributed by atoms with E-state index in [1.807, 2.05) is 19.1 Å². The van der Waals surface area contributed by atoms with Gasteiger partial charge >= 0.3 is 6.09 Å². The van der Waals surface area contributed by atoms with E-state index in [9.17, 15) is 14.7 Å². The molecule has 1 unspecified atom stereocenters. The number of rotatable bonds is 11. The maximum atomic E-state index is 13.8. The van der Waals surface area contributed by atoms with Crippen molar-refractivity contribution in [1.29, 1.82) is 0 Å². The number of aromatic nitrogens is 2. The number of nitrogens with zero attached hydrogens (tertiary/aromatic N) is 2. The fourth-order valence-corrected chi connectivity index (χ4v) is 6.98. The van der Waals surface area contributed by atoms with Crippen LogP contribution in [0.15, 0.2) is 47.2 Å². The number of aliphatic hydroxyl groups is 1. The second-order valence-corrected chi connectivity index (χ2v) is 13.9. The van der Waals surface area contributed by atoms with Gasteiger partial charge in [-0.3, -0.25) is 9.78 Å². The van der Waals surface area contributed by atoms with Gasteiger partial charge in [0.2, 0.25) is 5.91 Å². The Morgan fingerprint density at radius 3 is 2.45 bits per heavy atom. The highest BCUT2D eigenvalue weighted by Crippen LogP contribution is 2.42. The molecule has 0 bridgehead atoms. The van der Waals surface area contributed by atoms with E-state index >= 15 is 0 Å². The van der Waals surface area contributed by atoms with Gasteiger partial charge in [0.05, 0.1) is 24.4 Å². The number of benzene rings is 1. The van der Waals surface area contributed by atoms with Crippen molar-refractivity contribution in [1.82, 2.24) is 20.6 Å². The Bertz CT molecular complexity index is 1500. The van der Waals surface area contributed by atoms with Crippen LogP contribution in [0.4, 0.5) is 4.79 Å². The van der Waals surface area contributed by atoms with Crippen LogP contribution in [0.1, 0.15) is 107 Å². The zero-order valence-electron chi connectivity index (χ0n) is 28.4. The van der Waals surface area contributed by atoms with Gasteiger partial charge in [-0.15, -0.1) is 0 Å². The lowest BCUT2D eigenvalue weighted by molar-refractivity contribution is -0.127. The predicted octanol–water partition coefficient (Wildman–Crippen LogP) is 6.80. The first-order valence-corrected chi connectivity index (χ1v) is 17.0. The van der Waals surface area contributed by atoms with Crippen molar-refractivity contribution in [3.05, 3.63) is 65.5 Å². The number of carbonyl (C=O) groups excluding carboxylic acids is 2. The van der Waals surface area contributed by atoms with Crippen LogP contribution < -0.4 is 15.4 Å². The van der Waals surface area contributed by atoms with Gasteiger partial charge in [0.1, 0.15) is 24.3 Å². The molecule has 3 aromatic rings. The second-order valence-electron chi connectivity index (χ2n) is 13.9. The largest absolute Gasteiger partial charge is 0.496 e. The summed E-state index contributed by atoms with van der Waals surface area (Å²) in [6.45, 7) is 7.20. The van der Waals surface area contributed by atoms with Crippen molar-refractivity contribution in [2.45, 2.75) is 109 Å². The normalized spacial score (nSPS) is 22.3. The van der Waals surface area contributed by atoms with E-state index < -0.39 is 11.7 Å². The van der Waals surface area contributed by atoms with E-state index in [1.165, 1.54) is 5.56 Å². The molecule has 2 saturated carbocycles. The van der Waals surface area contributed by atoms with E-state index in [-0.39, 0.29) is 36.4 Å². The van der Waals surface area contributed by atoms with E-state index in [4.69, 9.17) is 18.9 Å². The van der Waals surface area contributed by atoms with Crippen molar-refractivity contribution in [2.75, 3.05) is 13.7 Å². The minimum Gasteiger partial charge on any atom is -0.496 e. The number of aryl methyl sites for hydroxylation is 2. The average Bonchev–Trinajstić information content (AvgIpc) is 3.56. The molecule has 2 fully saturated rings. The molecule has 10 heteroatoms. The number of carbonyl (C=O) groups is 2. The smallest absolute Gasteiger partial charge is 0.407 e. The topological polar surface area (TPSA) is 136 Å². The van der Waals surface area contributed by atoms with E-state index in [2.05, 4.69) is 40.7 Å². The maximum absolute atomic E-state index is 13.8. The van der Waals surface area contributed by atoms with Crippen LogP contribution in [0.5, 0.6) is 5.75 Å².